The number of nitrogens with one attached hydrogen (secondary N) is 1. The summed E-state index contributed by atoms with van der Waals surface area (Å²) in [6.07, 6.45) is 0. The number of hydrogen-bond acceptors (Lipinski definition) is 3. The van der Waals surface area contributed by atoms with Gasteiger partial charge in [-0.15, -0.1) is 11.8 Å². The Morgan fingerprint density at radius 1 is 1.25 bits per heavy atom. The molecule has 0 aliphatic carbocycles. The maximum atomic E-state index is 12.1. The maximum absolute atomic E-state index is 12.1. The molecule has 0 aliphatic heterocycles. The molecule has 3 N–H and O–H groups in total. The first-order chi connectivity index (χ1) is 9.56. The summed E-state index contributed by atoms with van der Waals surface area (Å²) in [5.74, 6) is -0.0597. The Morgan fingerprint density at radius 2 is 1.95 bits per heavy atom. The second-order valence-electron chi connectivity index (χ2n) is 4.30. The standard InChI is InChI=1S/C15H15ClN2OS/c1-10(15(19)18-12-5-3-2-4-6-12)20-14-8-7-11(16)9-13(14)17/h2-10H,17H2,1H3,(H,18,19). The van der Waals surface area contributed by atoms with E-state index < -0.39 is 0 Å². The molecule has 0 aromatic heterocycles. The van der Waals surface area contributed by atoms with E-state index in [-0.39, 0.29) is 11.2 Å². The zero-order valence-electron chi connectivity index (χ0n) is 11.0. The highest BCUT2D eigenvalue weighted by Gasteiger charge is 2.15. The molecule has 0 saturated heterocycles. The number of carbonyl (C=O) groups excluding carboxylic acids is 1. The molecule has 3 nitrogen and oxygen atoms in total. The van der Waals surface area contributed by atoms with Gasteiger partial charge in [0.15, 0.2) is 0 Å². The quantitative estimate of drug-likeness (QED) is 0.662. The number of nitrogens with two attached hydrogens (primary N) is 1. The van der Waals surface area contributed by atoms with Gasteiger partial charge in [-0.1, -0.05) is 29.8 Å². The molecule has 2 rings (SSSR count). The van der Waals surface area contributed by atoms with Gasteiger partial charge in [-0.3, -0.25) is 4.79 Å². The third kappa shape index (κ3) is 3.92. The van der Waals surface area contributed by atoms with Crippen LogP contribution in [0.15, 0.2) is 53.4 Å². The molecule has 20 heavy (non-hydrogen) atoms. The molecule has 2 aromatic rings. The lowest BCUT2D eigenvalue weighted by Crippen LogP contribution is -2.22. The van der Waals surface area contributed by atoms with E-state index in [9.17, 15) is 4.79 Å². The third-order valence-corrected chi connectivity index (χ3v) is 4.11. The van der Waals surface area contributed by atoms with Crippen molar-refractivity contribution in [2.45, 2.75) is 17.1 Å². The van der Waals surface area contributed by atoms with Crippen LogP contribution in [-0.4, -0.2) is 11.2 Å². The Kier molecular flexibility index (Phi) is 4.93. The minimum atomic E-state index is -0.251. The zero-order chi connectivity index (χ0) is 14.5. The van der Waals surface area contributed by atoms with E-state index >= 15 is 0 Å². The van der Waals surface area contributed by atoms with Gasteiger partial charge < -0.3 is 11.1 Å². The van der Waals surface area contributed by atoms with Crippen LogP contribution in [0.1, 0.15) is 6.92 Å². The highest BCUT2D eigenvalue weighted by molar-refractivity contribution is 8.00. The van der Waals surface area contributed by atoms with Crippen molar-refractivity contribution < 1.29 is 4.79 Å². The molecule has 1 unspecified atom stereocenters. The Balaban J connectivity index is 2.00. The monoisotopic (exact) mass is 306 g/mol. The van der Waals surface area contributed by atoms with Crippen LogP contribution in [0.3, 0.4) is 0 Å². The van der Waals surface area contributed by atoms with Crippen molar-refractivity contribution in [2.24, 2.45) is 0 Å². The second-order valence-corrected chi connectivity index (χ2v) is 6.12. The molecule has 2 aromatic carbocycles. The number of anilines is 2. The Hall–Kier alpha value is -1.65. The first-order valence-electron chi connectivity index (χ1n) is 6.14. The lowest BCUT2D eigenvalue weighted by Gasteiger charge is -2.13. The van der Waals surface area contributed by atoms with Crippen molar-refractivity contribution in [2.75, 3.05) is 11.1 Å². The van der Waals surface area contributed by atoms with Crippen LogP contribution in [0.2, 0.25) is 5.02 Å². The van der Waals surface area contributed by atoms with Crippen LogP contribution < -0.4 is 11.1 Å². The lowest BCUT2D eigenvalue weighted by molar-refractivity contribution is -0.115. The predicted molar refractivity (Wildman–Crippen MR) is 86.3 cm³/mol. The van der Waals surface area contributed by atoms with Crippen molar-refractivity contribution in [1.29, 1.82) is 0 Å². The lowest BCUT2D eigenvalue weighted by atomic mass is 10.3. The topological polar surface area (TPSA) is 55.1 Å². The number of halogens is 1. The number of rotatable bonds is 4. The number of nitrogen functional groups attached to an aromatic ring is 1. The largest absolute Gasteiger partial charge is 0.398 e. The fourth-order valence-corrected chi connectivity index (χ4v) is 2.71. The molecule has 0 fully saturated rings. The molecule has 0 saturated carbocycles. The molecule has 0 aliphatic rings. The molecule has 5 heteroatoms. The normalized spacial score (nSPS) is 11.9. The average molecular weight is 307 g/mol. The minimum Gasteiger partial charge on any atom is -0.398 e. The van der Waals surface area contributed by atoms with Crippen molar-refractivity contribution in [1.82, 2.24) is 0 Å². The summed E-state index contributed by atoms with van der Waals surface area (Å²) in [5.41, 5.74) is 7.26. The van der Waals surface area contributed by atoms with E-state index in [1.165, 1.54) is 11.8 Å². The first kappa shape index (κ1) is 14.8. The van der Waals surface area contributed by atoms with Gasteiger partial charge in [0.2, 0.25) is 5.91 Å². The second kappa shape index (κ2) is 6.68. The summed E-state index contributed by atoms with van der Waals surface area (Å²) in [5, 5.41) is 3.21. The first-order valence-corrected chi connectivity index (χ1v) is 7.39. The number of hydrogen-bond donors (Lipinski definition) is 2. The van der Waals surface area contributed by atoms with Gasteiger partial charge in [0.05, 0.1) is 5.25 Å². The maximum Gasteiger partial charge on any atom is 0.237 e. The van der Waals surface area contributed by atoms with E-state index in [0.717, 1.165) is 10.6 Å². The Morgan fingerprint density at radius 3 is 2.60 bits per heavy atom. The van der Waals surface area contributed by atoms with Crippen LogP contribution in [0.4, 0.5) is 11.4 Å². The number of thioether (sulfide) groups is 1. The molecule has 0 radical (unpaired) electrons. The van der Waals surface area contributed by atoms with Gasteiger partial charge in [-0.25, -0.2) is 0 Å². The molecule has 0 bridgehead atoms. The van der Waals surface area contributed by atoms with Crippen molar-refractivity contribution >= 4 is 40.6 Å². The van der Waals surface area contributed by atoms with Crippen LogP contribution in [0.5, 0.6) is 0 Å². The van der Waals surface area contributed by atoms with Crippen LogP contribution >= 0.6 is 23.4 Å². The summed E-state index contributed by atoms with van der Waals surface area (Å²) in [7, 11) is 0. The Labute approximate surface area is 127 Å². The van der Waals surface area contributed by atoms with Crippen LogP contribution in [0.25, 0.3) is 0 Å². The van der Waals surface area contributed by atoms with E-state index in [0.29, 0.717) is 10.7 Å². The number of carbonyl (C=O) groups is 1. The summed E-state index contributed by atoms with van der Waals surface area (Å²) in [6.45, 7) is 1.84. The predicted octanol–water partition coefficient (Wildman–Crippen LogP) is 4.04. The summed E-state index contributed by atoms with van der Waals surface area (Å²) in [6, 6.07) is 14.7. The molecule has 0 heterocycles. The zero-order valence-corrected chi connectivity index (χ0v) is 12.5. The van der Waals surface area contributed by atoms with Gasteiger partial charge in [0, 0.05) is 21.3 Å². The van der Waals surface area contributed by atoms with E-state index in [4.69, 9.17) is 17.3 Å². The average Bonchev–Trinajstić information content (AvgIpc) is 2.43. The fraction of sp³-hybridized carbons (Fsp3) is 0.133. The molecular weight excluding hydrogens is 292 g/mol. The van der Waals surface area contributed by atoms with Gasteiger partial charge in [-0.05, 0) is 37.3 Å². The van der Waals surface area contributed by atoms with E-state index in [1.54, 1.807) is 12.1 Å². The summed E-state index contributed by atoms with van der Waals surface area (Å²) in [4.78, 5) is 12.9. The third-order valence-electron chi connectivity index (χ3n) is 2.69. The van der Waals surface area contributed by atoms with Crippen molar-refractivity contribution in [3.8, 4) is 0 Å². The van der Waals surface area contributed by atoms with Crippen LogP contribution in [-0.2, 0) is 4.79 Å². The summed E-state index contributed by atoms with van der Waals surface area (Å²) >= 11 is 7.27. The molecule has 1 atom stereocenters. The van der Waals surface area contributed by atoms with Gasteiger partial charge >= 0.3 is 0 Å². The fourth-order valence-electron chi connectivity index (χ4n) is 1.64. The molecule has 104 valence electrons. The molecule has 0 spiro atoms. The molecular formula is C15H15ClN2OS. The van der Waals surface area contributed by atoms with E-state index in [1.807, 2.05) is 43.3 Å². The van der Waals surface area contributed by atoms with Gasteiger partial charge in [0.25, 0.3) is 0 Å². The Bertz CT molecular complexity index is 604. The SMILES string of the molecule is CC(Sc1ccc(Cl)cc1N)C(=O)Nc1ccccc1. The van der Waals surface area contributed by atoms with E-state index in [2.05, 4.69) is 5.32 Å². The summed E-state index contributed by atoms with van der Waals surface area (Å²) < 4.78 is 0. The number of benzene rings is 2. The van der Waals surface area contributed by atoms with Crippen molar-refractivity contribution in [3.05, 3.63) is 53.6 Å². The van der Waals surface area contributed by atoms with Crippen molar-refractivity contribution in [3.63, 3.8) is 0 Å². The number of amides is 1. The highest BCUT2D eigenvalue weighted by Crippen LogP contribution is 2.31. The highest BCUT2D eigenvalue weighted by atomic mass is 35.5. The number of para-hydroxylation sites is 1. The van der Waals surface area contributed by atoms with Gasteiger partial charge in [-0.2, -0.15) is 0 Å². The smallest absolute Gasteiger partial charge is 0.237 e. The van der Waals surface area contributed by atoms with Gasteiger partial charge in [0.1, 0.15) is 0 Å². The van der Waals surface area contributed by atoms with Crippen LogP contribution in [0, 0.1) is 0 Å². The molecule has 1 amide bonds. The minimum absolute atomic E-state index is 0.0597.